The number of halogens is 1. The predicted molar refractivity (Wildman–Crippen MR) is 80.0 cm³/mol. The Bertz CT molecular complexity index is 535. The van der Waals surface area contributed by atoms with E-state index in [4.69, 9.17) is 4.74 Å². The van der Waals surface area contributed by atoms with Crippen molar-refractivity contribution in [2.45, 2.75) is 20.4 Å². The number of allylic oxidation sites excluding steroid dienone is 1. The van der Waals surface area contributed by atoms with E-state index in [1.165, 1.54) is 18.2 Å². The maximum absolute atomic E-state index is 11.7. The maximum Gasteiger partial charge on any atom is 0.337 e. The second kappa shape index (κ2) is 5.88. The molecule has 0 bridgehead atoms. The van der Waals surface area contributed by atoms with Gasteiger partial charge in [0.2, 0.25) is 0 Å². The lowest BCUT2D eigenvalue weighted by molar-refractivity contribution is 0.0600. The Morgan fingerprint density at radius 2 is 2.16 bits per heavy atom. The lowest BCUT2D eigenvalue weighted by Crippen LogP contribution is -2.12. The number of hydrogen-bond donors (Lipinski definition) is 1. The molecule has 0 atom stereocenters. The number of carbonyl (C=O) groups is 1. The van der Waals surface area contributed by atoms with Crippen molar-refractivity contribution in [2.24, 2.45) is 5.92 Å². The Morgan fingerprint density at radius 3 is 2.79 bits per heavy atom. The summed E-state index contributed by atoms with van der Waals surface area (Å²) in [5.74, 6) is 0.141. The minimum atomic E-state index is -0.303. The van der Waals surface area contributed by atoms with Crippen molar-refractivity contribution >= 4 is 27.5 Å². The molecule has 0 aliphatic carbocycles. The normalized spacial score (nSPS) is 14.7. The molecule has 1 aliphatic heterocycles. The highest BCUT2D eigenvalue weighted by molar-refractivity contribution is 9.10. The summed E-state index contributed by atoms with van der Waals surface area (Å²) >= 11 is 3.60. The first kappa shape index (κ1) is 14.3. The summed E-state index contributed by atoms with van der Waals surface area (Å²) in [5, 5.41) is 3.35. The van der Waals surface area contributed by atoms with Crippen molar-refractivity contribution < 1.29 is 9.53 Å². The van der Waals surface area contributed by atoms with Crippen molar-refractivity contribution in [1.29, 1.82) is 0 Å². The minimum Gasteiger partial charge on any atom is -0.465 e. The summed E-state index contributed by atoms with van der Waals surface area (Å²) in [7, 11) is 1.40. The van der Waals surface area contributed by atoms with E-state index in [-0.39, 0.29) is 5.97 Å². The summed E-state index contributed by atoms with van der Waals surface area (Å²) in [4.78, 5) is 11.7. The zero-order chi connectivity index (χ0) is 14.0. The fourth-order valence-corrected chi connectivity index (χ4v) is 3.11. The van der Waals surface area contributed by atoms with Gasteiger partial charge in [0, 0.05) is 17.6 Å². The van der Waals surface area contributed by atoms with Gasteiger partial charge < -0.3 is 10.1 Å². The summed E-state index contributed by atoms with van der Waals surface area (Å²) in [6, 6.07) is 3.76. The first-order chi connectivity index (χ1) is 9.04. The number of nitrogens with one attached hydrogen (secondary N) is 1. The number of ether oxygens (including phenoxy) is 1. The summed E-state index contributed by atoms with van der Waals surface area (Å²) < 4.78 is 5.75. The van der Waals surface area contributed by atoms with E-state index in [0.29, 0.717) is 11.5 Å². The van der Waals surface area contributed by atoms with Crippen LogP contribution in [0.2, 0.25) is 0 Å². The van der Waals surface area contributed by atoms with E-state index in [1.807, 2.05) is 12.1 Å². The van der Waals surface area contributed by atoms with Gasteiger partial charge in [-0.1, -0.05) is 35.9 Å². The van der Waals surface area contributed by atoms with Crippen molar-refractivity contribution in [3.8, 4) is 0 Å². The lowest BCUT2D eigenvalue weighted by Gasteiger charge is -2.17. The molecule has 0 fully saturated rings. The Hall–Kier alpha value is -1.13. The molecule has 1 aliphatic rings. The molecule has 1 N–H and O–H groups in total. The Labute approximate surface area is 122 Å². The lowest BCUT2D eigenvalue weighted by atomic mass is 9.91. The topological polar surface area (TPSA) is 38.3 Å². The highest BCUT2D eigenvalue weighted by Gasteiger charge is 2.19. The predicted octanol–water partition coefficient (Wildman–Crippen LogP) is 3.38. The van der Waals surface area contributed by atoms with E-state index in [2.05, 4.69) is 41.2 Å². The number of carbonyl (C=O) groups excluding carboxylic acids is 1. The van der Waals surface area contributed by atoms with Crippen LogP contribution >= 0.6 is 15.9 Å². The number of fused-ring (bicyclic) bond motifs is 1. The highest BCUT2D eigenvalue weighted by atomic mass is 79.9. The number of hydrogen-bond acceptors (Lipinski definition) is 3. The quantitative estimate of drug-likeness (QED) is 0.848. The molecule has 4 heteroatoms. The van der Waals surface area contributed by atoms with Crippen LogP contribution in [0.3, 0.4) is 0 Å². The van der Waals surface area contributed by atoms with Gasteiger partial charge in [0.15, 0.2) is 0 Å². The molecule has 2 rings (SSSR count). The first-order valence-corrected chi connectivity index (χ1v) is 7.15. The molecule has 1 heterocycles. The third-order valence-electron chi connectivity index (χ3n) is 3.29. The SMILES string of the molecule is COC(=O)c1cc(Br)c2c(c1)CNCC=C2C(C)C. The van der Waals surface area contributed by atoms with Gasteiger partial charge in [-0.15, -0.1) is 0 Å². The van der Waals surface area contributed by atoms with E-state index in [0.717, 1.165) is 23.1 Å². The number of methoxy groups -OCH3 is 1. The van der Waals surface area contributed by atoms with Crippen LogP contribution in [0.4, 0.5) is 0 Å². The molecule has 19 heavy (non-hydrogen) atoms. The van der Waals surface area contributed by atoms with E-state index in [9.17, 15) is 4.79 Å². The third-order valence-corrected chi connectivity index (χ3v) is 3.91. The van der Waals surface area contributed by atoms with Gasteiger partial charge >= 0.3 is 5.97 Å². The summed E-state index contributed by atoms with van der Waals surface area (Å²) in [6.45, 7) is 5.97. The molecule has 1 aromatic carbocycles. The molecule has 1 aromatic rings. The van der Waals surface area contributed by atoms with E-state index in [1.54, 1.807) is 0 Å². The molecule has 102 valence electrons. The van der Waals surface area contributed by atoms with Crippen LogP contribution in [0.1, 0.15) is 35.3 Å². The third kappa shape index (κ3) is 2.90. The average molecular weight is 324 g/mol. The van der Waals surface area contributed by atoms with Crippen LogP contribution in [-0.4, -0.2) is 19.6 Å². The molecule has 3 nitrogen and oxygen atoms in total. The largest absolute Gasteiger partial charge is 0.465 e. The summed E-state index contributed by atoms with van der Waals surface area (Å²) in [5.41, 5.74) is 4.23. The van der Waals surface area contributed by atoms with Crippen LogP contribution < -0.4 is 5.32 Å². The van der Waals surface area contributed by atoms with Crippen LogP contribution in [0, 0.1) is 5.92 Å². The van der Waals surface area contributed by atoms with Crippen molar-refractivity contribution in [1.82, 2.24) is 5.32 Å². The minimum absolute atomic E-state index is 0.303. The number of esters is 1. The smallest absolute Gasteiger partial charge is 0.337 e. The molecular weight excluding hydrogens is 306 g/mol. The number of benzene rings is 1. The highest BCUT2D eigenvalue weighted by Crippen LogP contribution is 2.34. The van der Waals surface area contributed by atoms with Gasteiger partial charge in [0.1, 0.15) is 0 Å². The fourth-order valence-electron chi connectivity index (χ4n) is 2.38. The zero-order valence-electron chi connectivity index (χ0n) is 11.4. The molecule has 0 saturated heterocycles. The second-order valence-electron chi connectivity index (χ2n) is 4.93. The van der Waals surface area contributed by atoms with Crippen LogP contribution in [0.25, 0.3) is 5.57 Å². The Balaban J connectivity index is 2.57. The van der Waals surface area contributed by atoms with Gasteiger partial charge in [-0.25, -0.2) is 4.79 Å². The molecule has 0 aromatic heterocycles. The molecule has 0 unspecified atom stereocenters. The van der Waals surface area contributed by atoms with E-state index < -0.39 is 0 Å². The van der Waals surface area contributed by atoms with Crippen LogP contribution in [0.15, 0.2) is 22.7 Å². The fraction of sp³-hybridized carbons (Fsp3) is 0.400. The zero-order valence-corrected chi connectivity index (χ0v) is 13.0. The van der Waals surface area contributed by atoms with Crippen LogP contribution in [-0.2, 0) is 11.3 Å². The molecule has 0 spiro atoms. The molecule has 0 saturated carbocycles. The average Bonchev–Trinajstić information content (AvgIpc) is 2.60. The maximum atomic E-state index is 11.7. The van der Waals surface area contributed by atoms with Gasteiger partial charge in [-0.2, -0.15) is 0 Å². The van der Waals surface area contributed by atoms with Crippen molar-refractivity contribution in [2.75, 3.05) is 13.7 Å². The Kier molecular flexibility index (Phi) is 4.42. The Morgan fingerprint density at radius 1 is 1.42 bits per heavy atom. The molecular formula is C15H18BrNO2. The van der Waals surface area contributed by atoms with Gasteiger partial charge in [-0.05, 0) is 34.8 Å². The molecule has 0 radical (unpaired) electrons. The van der Waals surface area contributed by atoms with Gasteiger partial charge in [0.25, 0.3) is 0 Å². The monoisotopic (exact) mass is 323 g/mol. The second-order valence-corrected chi connectivity index (χ2v) is 5.78. The van der Waals surface area contributed by atoms with Gasteiger partial charge in [0.05, 0.1) is 12.7 Å². The summed E-state index contributed by atoms with van der Waals surface area (Å²) in [6.07, 6.45) is 2.22. The van der Waals surface area contributed by atoms with Gasteiger partial charge in [-0.3, -0.25) is 0 Å². The van der Waals surface area contributed by atoms with Crippen LogP contribution in [0.5, 0.6) is 0 Å². The van der Waals surface area contributed by atoms with Crippen molar-refractivity contribution in [3.63, 3.8) is 0 Å². The first-order valence-electron chi connectivity index (χ1n) is 6.36. The number of rotatable bonds is 2. The van der Waals surface area contributed by atoms with Crippen molar-refractivity contribution in [3.05, 3.63) is 39.4 Å². The van der Waals surface area contributed by atoms with E-state index >= 15 is 0 Å². The standard InChI is InChI=1S/C15H18BrNO2/c1-9(2)12-4-5-17-8-11-6-10(15(18)19-3)7-13(16)14(11)12/h4,6-7,9,17H,5,8H2,1-3H3. The molecule has 0 amide bonds.